The molecule has 0 fully saturated rings. The fourth-order valence-electron chi connectivity index (χ4n) is 1.10. The molecule has 2 aromatic heterocycles. The van der Waals surface area contributed by atoms with Gasteiger partial charge < -0.3 is 9.84 Å². The SMILES string of the molecule is O=C(O)c1nc(COc2cncc(Br)c2)cs1. The van der Waals surface area contributed by atoms with Crippen LogP contribution >= 0.6 is 27.3 Å². The molecule has 0 atom stereocenters. The lowest BCUT2D eigenvalue weighted by Crippen LogP contribution is -1.99. The van der Waals surface area contributed by atoms with Gasteiger partial charge in [-0.05, 0) is 22.0 Å². The van der Waals surface area contributed by atoms with E-state index in [1.807, 2.05) is 0 Å². The summed E-state index contributed by atoms with van der Waals surface area (Å²) in [5, 5.41) is 10.4. The number of aromatic carboxylic acids is 1. The first-order valence-corrected chi connectivity index (χ1v) is 6.23. The smallest absolute Gasteiger partial charge is 0.365 e. The summed E-state index contributed by atoms with van der Waals surface area (Å²) in [7, 11) is 0. The molecular weight excluding hydrogens is 308 g/mol. The second kappa shape index (κ2) is 5.24. The van der Waals surface area contributed by atoms with Crippen molar-refractivity contribution in [3.8, 4) is 5.75 Å². The maximum absolute atomic E-state index is 10.6. The van der Waals surface area contributed by atoms with Crippen molar-refractivity contribution in [3.05, 3.63) is 39.0 Å². The zero-order chi connectivity index (χ0) is 12.3. The number of carboxylic acid groups (broad SMARTS) is 1. The lowest BCUT2D eigenvalue weighted by atomic mass is 10.4. The second-order valence-electron chi connectivity index (χ2n) is 3.08. The number of ether oxygens (including phenoxy) is 1. The number of hydrogen-bond acceptors (Lipinski definition) is 5. The van der Waals surface area contributed by atoms with E-state index in [2.05, 4.69) is 25.9 Å². The number of pyridine rings is 1. The van der Waals surface area contributed by atoms with Crippen LogP contribution in [0.25, 0.3) is 0 Å². The van der Waals surface area contributed by atoms with Crippen molar-refractivity contribution in [2.75, 3.05) is 0 Å². The number of carboxylic acids is 1. The number of aromatic nitrogens is 2. The molecule has 7 heteroatoms. The molecule has 5 nitrogen and oxygen atoms in total. The van der Waals surface area contributed by atoms with E-state index >= 15 is 0 Å². The Kier molecular flexibility index (Phi) is 3.70. The van der Waals surface area contributed by atoms with E-state index in [0.29, 0.717) is 11.4 Å². The van der Waals surface area contributed by atoms with Crippen molar-refractivity contribution >= 4 is 33.2 Å². The normalized spacial score (nSPS) is 10.2. The molecule has 2 rings (SSSR count). The number of thiazole rings is 1. The number of rotatable bonds is 4. The van der Waals surface area contributed by atoms with E-state index in [1.54, 1.807) is 23.8 Å². The Labute approximate surface area is 109 Å². The summed E-state index contributed by atoms with van der Waals surface area (Å²) >= 11 is 4.36. The molecule has 0 aliphatic carbocycles. The number of hydrogen-bond donors (Lipinski definition) is 1. The van der Waals surface area contributed by atoms with Crippen molar-refractivity contribution in [3.63, 3.8) is 0 Å². The molecule has 0 unspecified atom stereocenters. The third-order valence-electron chi connectivity index (χ3n) is 1.80. The largest absolute Gasteiger partial charge is 0.486 e. The minimum atomic E-state index is -1.02. The molecule has 88 valence electrons. The van der Waals surface area contributed by atoms with Crippen molar-refractivity contribution in [2.45, 2.75) is 6.61 Å². The van der Waals surface area contributed by atoms with Crippen molar-refractivity contribution < 1.29 is 14.6 Å². The predicted molar refractivity (Wildman–Crippen MR) is 65.3 cm³/mol. The van der Waals surface area contributed by atoms with E-state index in [-0.39, 0.29) is 11.6 Å². The monoisotopic (exact) mass is 314 g/mol. The van der Waals surface area contributed by atoms with Gasteiger partial charge in [-0.15, -0.1) is 11.3 Å². The van der Waals surface area contributed by atoms with Gasteiger partial charge in [0.25, 0.3) is 0 Å². The second-order valence-corrected chi connectivity index (χ2v) is 4.85. The van der Waals surface area contributed by atoms with Crippen molar-refractivity contribution in [1.82, 2.24) is 9.97 Å². The van der Waals surface area contributed by atoms with E-state index in [4.69, 9.17) is 9.84 Å². The number of halogens is 1. The minimum Gasteiger partial charge on any atom is -0.486 e. The molecule has 0 aliphatic rings. The molecule has 0 aromatic carbocycles. The first-order chi connectivity index (χ1) is 8.15. The topological polar surface area (TPSA) is 72.3 Å². The van der Waals surface area contributed by atoms with Crippen molar-refractivity contribution in [1.29, 1.82) is 0 Å². The van der Waals surface area contributed by atoms with Gasteiger partial charge in [-0.1, -0.05) is 0 Å². The summed E-state index contributed by atoms with van der Waals surface area (Å²) in [6, 6.07) is 1.78. The van der Waals surface area contributed by atoms with E-state index in [9.17, 15) is 4.79 Å². The lowest BCUT2D eigenvalue weighted by Gasteiger charge is -2.03. The molecule has 2 heterocycles. The summed E-state index contributed by atoms with van der Waals surface area (Å²) in [5.74, 6) is -0.422. The maximum atomic E-state index is 10.6. The fourth-order valence-corrected chi connectivity index (χ4v) is 2.08. The summed E-state index contributed by atoms with van der Waals surface area (Å²) in [4.78, 5) is 18.5. The van der Waals surface area contributed by atoms with Gasteiger partial charge in [-0.25, -0.2) is 9.78 Å². The highest BCUT2D eigenvalue weighted by molar-refractivity contribution is 9.10. The van der Waals surface area contributed by atoms with Crippen LogP contribution in [0.3, 0.4) is 0 Å². The molecule has 0 bridgehead atoms. The molecule has 1 N–H and O–H groups in total. The van der Waals surface area contributed by atoms with Gasteiger partial charge in [0.1, 0.15) is 12.4 Å². The Balaban J connectivity index is 2.00. The van der Waals surface area contributed by atoms with Crippen molar-refractivity contribution in [2.24, 2.45) is 0 Å². The highest BCUT2D eigenvalue weighted by Gasteiger charge is 2.09. The first-order valence-electron chi connectivity index (χ1n) is 4.56. The Morgan fingerprint density at radius 2 is 2.35 bits per heavy atom. The average Bonchev–Trinajstić information content (AvgIpc) is 2.75. The van der Waals surface area contributed by atoms with Gasteiger partial charge in [0.05, 0.1) is 11.9 Å². The van der Waals surface area contributed by atoms with Crippen LogP contribution in [0.15, 0.2) is 28.3 Å². The van der Waals surface area contributed by atoms with E-state index < -0.39 is 5.97 Å². The van der Waals surface area contributed by atoms with Gasteiger partial charge >= 0.3 is 5.97 Å². The standard InChI is InChI=1S/C10H7BrN2O3S/c11-6-1-8(3-12-2-6)16-4-7-5-17-9(13-7)10(14)15/h1-3,5H,4H2,(H,14,15). The lowest BCUT2D eigenvalue weighted by molar-refractivity contribution is 0.0696. The van der Waals surface area contributed by atoms with Gasteiger partial charge in [0, 0.05) is 16.0 Å². The molecule has 0 radical (unpaired) electrons. The van der Waals surface area contributed by atoms with Crippen LogP contribution < -0.4 is 4.74 Å². The predicted octanol–water partition coefficient (Wildman–Crippen LogP) is 2.58. The van der Waals surface area contributed by atoms with E-state index in [0.717, 1.165) is 15.8 Å². The fraction of sp³-hybridized carbons (Fsp3) is 0.100. The molecule has 0 saturated heterocycles. The third kappa shape index (κ3) is 3.24. The molecule has 0 aliphatic heterocycles. The number of carbonyl (C=O) groups is 1. The van der Waals surface area contributed by atoms with Crippen LogP contribution in [-0.2, 0) is 6.61 Å². The Bertz CT molecular complexity index is 544. The molecule has 0 spiro atoms. The van der Waals surface area contributed by atoms with Crippen LogP contribution in [0, 0.1) is 0 Å². The minimum absolute atomic E-state index is 0.0657. The van der Waals surface area contributed by atoms with Crippen LogP contribution in [0.1, 0.15) is 15.5 Å². The molecular formula is C10H7BrN2O3S. The highest BCUT2D eigenvalue weighted by atomic mass is 79.9. The molecule has 17 heavy (non-hydrogen) atoms. The molecule has 0 amide bonds. The van der Waals surface area contributed by atoms with Gasteiger partial charge in [-0.3, -0.25) is 4.98 Å². The Morgan fingerprint density at radius 3 is 3.00 bits per heavy atom. The Hall–Kier alpha value is -1.47. The summed E-state index contributed by atoms with van der Waals surface area (Å²) in [5.41, 5.74) is 0.590. The van der Waals surface area contributed by atoms with Gasteiger partial charge in [0.15, 0.2) is 0 Å². The zero-order valence-electron chi connectivity index (χ0n) is 8.46. The van der Waals surface area contributed by atoms with Gasteiger partial charge in [-0.2, -0.15) is 0 Å². The summed E-state index contributed by atoms with van der Waals surface area (Å²) in [6.45, 7) is 0.224. The molecule has 2 aromatic rings. The summed E-state index contributed by atoms with van der Waals surface area (Å²) < 4.78 is 6.24. The zero-order valence-corrected chi connectivity index (χ0v) is 10.9. The first kappa shape index (κ1) is 12.0. The molecule has 0 saturated carbocycles. The van der Waals surface area contributed by atoms with E-state index in [1.165, 1.54) is 0 Å². The maximum Gasteiger partial charge on any atom is 0.365 e. The number of nitrogens with zero attached hydrogens (tertiary/aromatic N) is 2. The quantitative estimate of drug-likeness (QED) is 0.939. The highest BCUT2D eigenvalue weighted by Crippen LogP contribution is 2.17. The van der Waals surface area contributed by atoms with Crippen LogP contribution in [0.5, 0.6) is 5.75 Å². The van der Waals surface area contributed by atoms with Crippen LogP contribution in [0.4, 0.5) is 0 Å². The third-order valence-corrected chi connectivity index (χ3v) is 3.11. The van der Waals surface area contributed by atoms with Crippen LogP contribution in [0.2, 0.25) is 0 Å². The van der Waals surface area contributed by atoms with Gasteiger partial charge in [0.2, 0.25) is 5.01 Å². The van der Waals surface area contributed by atoms with Crippen LogP contribution in [-0.4, -0.2) is 21.0 Å². The average molecular weight is 315 g/mol. The summed E-state index contributed by atoms with van der Waals surface area (Å²) in [6.07, 6.45) is 3.23. The Morgan fingerprint density at radius 1 is 1.53 bits per heavy atom.